The van der Waals surface area contributed by atoms with Crippen LogP contribution < -0.4 is 0 Å². The second-order valence-electron chi connectivity index (χ2n) is 8.00. The molecule has 0 aromatic rings. The van der Waals surface area contributed by atoms with Gasteiger partial charge in [0.25, 0.3) is 0 Å². The van der Waals surface area contributed by atoms with Crippen molar-refractivity contribution in [2.75, 3.05) is 0 Å². The molecule has 0 radical (unpaired) electrons. The molecule has 0 aliphatic heterocycles. The lowest BCUT2D eigenvalue weighted by molar-refractivity contribution is 0.614. The van der Waals surface area contributed by atoms with Gasteiger partial charge in [-0.3, -0.25) is 0 Å². The highest BCUT2D eigenvalue weighted by atomic mass is 127. The van der Waals surface area contributed by atoms with Crippen LogP contribution in [-0.4, -0.2) is 5.57 Å². The van der Waals surface area contributed by atoms with E-state index >= 15 is 0 Å². The van der Waals surface area contributed by atoms with Gasteiger partial charge in [-0.25, -0.2) is 0 Å². The Hall–Kier alpha value is 0.947. The van der Waals surface area contributed by atoms with Gasteiger partial charge in [0.15, 0.2) is 0 Å². The van der Waals surface area contributed by atoms with Crippen LogP contribution in [0.25, 0.3) is 0 Å². The minimum atomic E-state index is -0.966. The molecule has 0 saturated carbocycles. The molecule has 0 aromatic carbocycles. The summed E-state index contributed by atoms with van der Waals surface area (Å²) in [6, 6.07) is 4.83. The number of hydrogen-bond donors (Lipinski definition) is 0. The van der Waals surface area contributed by atoms with E-state index in [9.17, 15) is 0 Å². The van der Waals surface area contributed by atoms with Crippen LogP contribution >= 0.6 is 21.8 Å². The summed E-state index contributed by atoms with van der Waals surface area (Å²) < 4.78 is 0. The lowest BCUT2D eigenvalue weighted by Crippen LogP contribution is -2.25. The van der Waals surface area contributed by atoms with Crippen molar-refractivity contribution >= 4 is 27.4 Å². The van der Waals surface area contributed by atoms with Crippen LogP contribution in [0.2, 0.25) is 18.1 Å². The van der Waals surface area contributed by atoms with E-state index in [0.29, 0.717) is 0 Å². The van der Waals surface area contributed by atoms with Crippen LogP contribution in [0.3, 0.4) is 0 Å². The molecule has 0 aliphatic rings. The Morgan fingerprint density at radius 2 is 0.667 bits per heavy atom. The molecule has 146 valence electrons. The molecule has 0 heterocycles. The van der Waals surface area contributed by atoms with Gasteiger partial charge in [-0.05, 0) is 18.1 Å². The number of halogens is 1. The van der Waals surface area contributed by atoms with Crippen molar-refractivity contribution in [1.29, 1.82) is 0 Å². The van der Waals surface area contributed by atoms with Gasteiger partial charge in [0.2, 0.25) is 0 Å². The Kier molecular flexibility index (Phi) is 19.5. The Morgan fingerprint density at radius 1 is 0.417 bits per heavy atom. The van der Waals surface area contributed by atoms with Crippen LogP contribution in [0.5, 0.6) is 0 Å². The first-order chi connectivity index (χ1) is 11.7. The molecule has 0 aromatic heterocycles. The Balaban J connectivity index is 3.98. The van der Waals surface area contributed by atoms with Gasteiger partial charge in [-0.15, -0.1) is 21.8 Å². The molecule has 0 atom stereocenters. The molecule has 0 fully saturated rings. The molecule has 0 amide bonds. The first kappa shape index (κ1) is 24.9. The van der Waals surface area contributed by atoms with Crippen LogP contribution in [0, 0.1) is 0 Å². The van der Waals surface area contributed by atoms with Crippen molar-refractivity contribution in [3.8, 4) is 0 Å². The summed E-state index contributed by atoms with van der Waals surface area (Å²) in [5.41, 5.74) is -0.966. The maximum absolute atomic E-state index is 3.00. The first-order valence-electron chi connectivity index (χ1n) is 11.4. The standard InChI is InChI=1S/C22H47ISi/c1-4-7-10-13-15-18-21-24(23,20-17-12-9-6-3)22-19-16-14-11-8-5-2/h4-22H2,1-3H3. The summed E-state index contributed by atoms with van der Waals surface area (Å²) >= 11 is 3.00. The van der Waals surface area contributed by atoms with Gasteiger partial charge in [0.1, 0.15) is 5.57 Å². The van der Waals surface area contributed by atoms with Crippen LogP contribution in [0.1, 0.15) is 124 Å². The van der Waals surface area contributed by atoms with Gasteiger partial charge in [0, 0.05) is 0 Å². The van der Waals surface area contributed by atoms with E-state index in [1.807, 2.05) is 0 Å². The zero-order valence-electron chi connectivity index (χ0n) is 17.3. The smallest absolute Gasteiger partial charge is 0.119 e. The highest BCUT2D eigenvalue weighted by molar-refractivity contribution is 14.1. The lowest BCUT2D eigenvalue weighted by atomic mass is 10.1. The van der Waals surface area contributed by atoms with E-state index < -0.39 is 5.57 Å². The predicted molar refractivity (Wildman–Crippen MR) is 125 cm³/mol. The quantitative estimate of drug-likeness (QED) is 0.0769. The second-order valence-corrected chi connectivity index (χ2v) is 18.7. The van der Waals surface area contributed by atoms with Crippen molar-refractivity contribution < 1.29 is 0 Å². The molecule has 0 nitrogen and oxygen atoms in total. The maximum atomic E-state index is 3.00. The minimum absolute atomic E-state index is 0.966. The highest BCUT2D eigenvalue weighted by Crippen LogP contribution is 2.35. The van der Waals surface area contributed by atoms with Crippen molar-refractivity contribution in [2.45, 2.75) is 142 Å². The number of hydrogen-bond acceptors (Lipinski definition) is 0. The largest absolute Gasteiger partial charge is 0.125 e. The summed E-state index contributed by atoms with van der Waals surface area (Å²) in [5.74, 6) is 0. The van der Waals surface area contributed by atoms with Gasteiger partial charge < -0.3 is 0 Å². The first-order valence-corrected chi connectivity index (χ1v) is 17.1. The monoisotopic (exact) mass is 466 g/mol. The average Bonchev–Trinajstić information content (AvgIpc) is 2.58. The molecular formula is C22H47ISi. The molecule has 0 saturated heterocycles. The molecule has 0 spiro atoms. The Bertz CT molecular complexity index is 226. The number of rotatable bonds is 19. The number of unbranched alkanes of at least 4 members (excludes halogenated alkanes) is 13. The van der Waals surface area contributed by atoms with E-state index in [-0.39, 0.29) is 0 Å². The second kappa shape index (κ2) is 18.7. The van der Waals surface area contributed by atoms with Crippen LogP contribution in [0.15, 0.2) is 0 Å². The topological polar surface area (TPSA) is 0 Å². The molecule has 0 unspecified atom stereocenters. The van der Waals surface area contributed by atoms with E-state index in [0.717, 1.165) is 0 Å². The van der Waals surface area contributed by atoms with Crippen molar-refractivity contribution in [3.05, 3.63) is 0 Å². The fourth-order valence-corrected chi connectivity index (χ4v) is 10.5. The van der Waals surface area contributed by atoms with E-state index in [1.54, 1.807) is 18.1 Å². The Morgan fingerprint density at radius 3 is 1.00 bits per heavy atom. The summed E-state index contributed by atoms with van der Waals surface area (Å²) in [6.45, 7) is 6.97. The SMILES string of the molecule is CCCCCCCC[Si](I)(CCCCCC)CCCCCCCC. The fourth-order valence-electron chi connectivity index (χ4n) is 3.69. The molecule has 0 bridgehead atoms. The third-order valence-corrected chi connectivity index (χ3v) is 14.0. The molecule has 2 heteroatoms. The van der Waals surface area contributed by atoms with Gasteiger partial charge in [-0.2, -0.15) is 0 Å². The maximum Gasteiger partial charge on any atom is 0.125 e. The predicted octanol–water partition coefficient (Wildman–Crippen LogP) is 9.67. The molecule has 0 N–H and O–H groups in total. The van der Waals surface area contributed by atoms with Gasteiger partial charge in [-0.1, -0.05) is 124 Å². The molecular weight excluding hydrogens is 419 g/mol. The summed E-state index contributed by atoms with van der Waals surface area (Å²) in [7, 11) is 0. The van der Waals surface area contributed by atoms with Crippen LogP contribution in [0.4, 0.5) is 0 Å². The van der Waals surface area contributed by atoms with E-state index in [1.165, 1.54) is 103 Å². The van der Waals surface area contributed by atoms with Gasteiger partial charge in [0.05, 0.1) is 0 Å². The molecule has 0 rings (SSSR count). The lowest BCUT2D eigenvalue weighted by Gasteiger charge is -2.25. The third-order valence-electron chi connectivity index (χ3n) is 5.44. The van der Waals surface area contributed by atoms with Crippen molar-refractivity contribution in [1.82, 2.24) is 0 Å². The van der Waals surface area contributed by atoms with Crippen LogP contribution in [-0.2, 0) is 0 Å². The van der Waals surface area contributed by atoms with Crippen molar-refractivity contribution in [2.24, 2.45) is 0 Å². The molecule has 0 aliphatic carbocycles. The zero-order valence-corrected chi connectivity index (χ0v) is 20.5. The summed E-state index contributed by atoms with van der Waals surface area (Å²) in [4.78, 5) is 0. The van der Waals surface area contributed by atoms with Gasteiger partial charge >= 0.3 is 0 Å². The normalized spacial score (nSPS) is 12.0. The van der Waals surface area contributed by atoms with Crippen molar-refractivity contribution in [3.63, 3.8) is 0 Å². The van der Waals surface area contributed by atoms with E-state index in [2.05, 4.69) is 42.6 Å². The summed E-state index contributed by atoms with van der Waals surface area (Å²) in [6.07, 6.45) is 23.5. The fraction of sp³-hybridized carbons (Fsp3) is 1.00. The summed E-state index contributed by atoms with van der Waals surface area (Å²) in [5, 5.41) is 0. The average molecular weight is 467 g/mol. The zero-order chi connectivity index (χ0) is 17.9. The highest BCUT2D eigenvalue weighted by Gasteiger charge is 2.27. The third kappa shape index (κ3) is 16.4. The minimum Gasteiger partial charge on any atom is -0.119 e. The van der Waals surface area contributed by atoms with E-state index in [4.69, 9.17) is 0 Å². The molecule has 24 heavy (non-hydrogen) atoms. The Labute approximate surface area is 168 Å².